The van der Waals surface area contributed by atoms with E-state index in [1.54, 1.807) is 17.5 Å². The van der Waals surface area contributed by atoms with Crippen LogP contribution in [0.4, 0.5) is 8.78 Å². The van der Waals surface area contributed by atoms with Crippen LogP contribution in [0.3, 0.4) is 0 Å². The number of alkyl halides is 2. The van der Waals surface area contributed by atoms with Gasteiger partial charge in [0.2, 0.25) is 10.0 Å². The normalized spacial score (nSPS) is 19.4. The van der Waals surface area contributed by atoms with E-state index < -0.39 is 16.4 Å². The van der Waals surface area contributed by atoms with Gasteiger partial charge in [-0.2, -0.15) is 4.31 Å². The van der Waals surface area contributed by atoms with E-state index in [4.69, 9.17) is 0 Å². The van der Waals surface area contributed by atoms with E-state index in [-0.39, 0.29) is 16.5 Å². The molecule has 1 saturated heterocycles. The molecule has 3 rings (SSSR count). The summed E-state index contributed by atoms with van der Waals surface area (Å²) in [6.07, 6.45) is 2.52. The number of aromatic nitrogens is 1. The minimum atomic E-state index is -3.74. The third-order valence-electron chi connectivity index (χ3n) is 4.40. The van der Waals surface area contributed by atoms with E-state index in [0.29, 0.717) is 6.54 Å². The molecule has 4 nitrogen and oxygen atoms in total. The molecule has 1 aromatic carbocycles. The van der Waals surface area contributed by atoms with Crippen LogP contribution in [-0.2, 0) is 16.4 Å². The standard InChI is InChI=1S/C17H20F2N2O2S2/c1-2-13-11-20-17(24-13)15-5-3-4-10-21(15)25(22,23)14-8-6-12(7-9-14)16(18)19/h6-9,11,15-16H,2-5,10H2,1H3/t15-/m0/s1. The highest BCUT2D eigenvalue weighted by Crippen LogP contribution is 2.37. The van der Waals surface area contributed by atoms with E-state index in [1.807, 2.05) is 6.92 Å². The summed E-state index contributed by atoms with van der Waals surface area (Å²) in [4.78, 5) is 5.59. The first-order chi connectivity index (χ1) is 11.9. The summed E-state index contributed by atoms with van der Waals surface area (Å²) in [5.41, 5.74) is -0.179. The molecule has 0 bridgehead atoms. The zero-order valence-electron chi connectivity index (χ0n) is 13.9. The average molecular weight is 386 g/mol. The average Bonchev–Trinajstić information content (AvgIpc) is 3.11. The van der Waals surface area contributed by atoms with E-state index in [2.05, 4.69) is 4.98 Å². The Morgan fingerprint density at radius 1 is 1.28 bits per heavy atom. The maximum atomic E-state index is 13.0. The van der Waals surface area contributed by atoms with Crippen molar-refractivity contribution in [3.05, 3.63) is 45.9 Å². The van der Waals surface area contributed by atoms with Crippen LogP contribution in [0.15, 0.2) is 35.4 Å². The SMILES string of the molecule is CCc1cnc([C@@H]2CCCCN2S(=O)(=O)c2ccc(C(F)F)cc2)s1. The van der Waals surface area contributed by atoms with Crippen molar-refractivity contribution in [2.24, 2.45) is 0 Å². The number of hydrogen-bond acceptors (Lipinski definition) is 4. The number of benzene rings is 1. The van der Waals surface area contributed by atoms with E-state index >= 15 is 0 Å². The molecule has 0 amide bonds. The lowest BCUT2D eigenvalue weighted by Crippen LogP contribution is -2.38. The van der Waals surface area contributed by atoms with Crippen molar-refractivity contribution in [1.29, 1.82) is 0 Å². The predicted molar refractivity (Wildman–Crippen MR) is 93.4 cm³/mol. The van der Waals surface area contributed by atoms with Gasteiger partial charge in [-0.05, 0) is 31.4 Å². The van der Waals surface area contributed by atoms with Gasteiger partial charge in [0.05, 0.1) is 10.9 Å². The lowest BCUT2D eigenvalue weighted by molar-refractivity contribution is 0.151. The van der Waals surface area contributed by atoms with Gasteiger partial charge in [0.1, 0.15) is 5.01 Å². The first-order valence-electron chi connectivity index (χ1n) is 8.28. The number of nitrogens with zero attached hydrogens (tertiary/aromatic N) is 2. The summed E-state index contributed by atoms with van der Waals surface area (Å²) >= 11 is 1.54. The van der Waals surface area contributed by atoms with Crippen LogP contribution in [0.5, 0.6) is 0 Å². The number of aryl methyl sites for hydroxylation is 1. The van der Waals surface area contributed by atoms with E-state index in [0.717, 1.165) is 35.6 Å². The van der Waals surface area contributed by atoms with Crippen molar-refractivity contribution in [3.8, 4) is 0 Å². The molecule has 1 aliphatic rings. The molecule has 0 unspecified atom stereocenters. The molecule has 0 spiro atoms. The van der Waals surface area contributed by atoms with Gasteiger partial charge in [0, 0.05) is 23.2 Å². The molecule has 25 heavy (non-hydrogen) atoms. The van der Waals surface area contributed by atoms with Crippen molar-refractivity contribution in [2.45, 2.75) is 50.0 Å². The molecular formula is C17H20F2N2O2S2. The predicted octanol–water partition coefficient (Wildman–Crippen LogP) is 4.56. The van der Waals surface area contributed by atoms with Crippen LogP contribution in [0.1, 0.15) is 54.1 Å². The minimum absolute atomic E-state index is 0.0519. The lowest BCUT2D eigenvalue weighted by atomic mass is 10.1. The summed E-state index contributed by atoms with van der Waals surface area (Å²) in [6.45, 7) is 2.46. The first kappa shape index (κ1) is 18.4. The number of sulfonamides is 1. The Labute approximate surface area is 150 Å². The third kappa shape index (κ3) is 3.75. The zero-order valence-corrected chi connectivity index (χ0v) is 15.5. The Balaban J connectivity index is 1.92. The minimum Gasteiger partial charge on any atom is -0.248 e. The molecule has 8 heteroatoms. The van der Waals surface area contributed by atoms with Crippen molar-refractivity contribution < 1.29 is 17.2 Å². The molecule has 0 N–H and O–H groups in total. The van der Waals surface area contributed by atoms with Crippen LogP contribution in [0.25, 0.3) is 0 Å². The molecule has 2 aromatic rings. The molecule has 0 saturated carbocycles. The van der Waals surface area contributed by atoms with Crippen molar-refractivity contribution in [2.75, 3.05) is 6.54 Å². The van der Waals surface area contributed by atoms with Crippen molar-refractivity contribution in [1.82, 2.24) is 9.29 Å². The molecular weight excluding hydrogens is 366 g/mol. The van der Waals surface area contributed by atoms with Crippen molar-refractivity contribution >= 4 is 21.4 Å². The molecule has 1 aromatic heterocycles. The van der Waals surface area contributed by atoms with Gasteiger partial charge in [0.25, 0.3) is 6.43 Å². The summed E-state index contributed by atoms with van der Waals surface area (Å²) in [7, 11) is -3.74. The second-order valence-corrected chi connectivity index (χ2v) is 9.05. The number of hydrogen-bond donors (Lipinski definition) is 0. The molecule has 1 aliphatic heterocycles. The van der Waals surface area contributed by atoms with E-state index in [1.165, 1.54) is 28.6 Å². The molecule has 2 heterocycles. The summed E-state index contributed by atoms with van der Waals surface area (Å²) < 4.78 is 53.0. The number of rotatable bonds is 5. The number of piperidine rings is 1. The van der Waals surface area contributed by atoms with E-state index in [9.17, 15) is 17.2 Å². The smallest absolute Gasteiger partial charge is 0.248 e. The van der Waals surface area contributed by atoms with Gasteiger partial charge >= 0.3 is 0 Å². The van der Waals surface area contributed by atoms with Crippen LogP contribution < -0.4 is 0 Å². The van der Waals surface area contributed by atoms with Crippen LogP contribution in [-0.4, -0.2) is 24.3 Å². The number of thiazole rings is 1. The maximum absolute atomic E-state index is 13.0. The summed E-state index contributed by atoms with van der Waals surface area (Å²) in [5, 5.41) is 0.810. The second kappa shape index (κ2) is 7.47. The second-order valence-electron chi connectivity index (χ2n) is 6.02. The summed E-state index contributed by atoms with van der Waals surface area (Å²) in [6, 6.07) is 4.60. The Kier molecular flexibility index (Phi) is 5.50. The van der Waals surface area contributed by atoms with Crippen LogP contribution >= 0.6 is 11.3 Å². The highest BCUT2D eigenvalue weighted by Gasteiger charge is 2.36. The topological polar surface area (TPSA) is 50.3 Å². The Morgan fingerprint density at radius 2 is 2.00 bits per heavy atom. The van der Waals surface area contributed by atoms with Gasteiger partial charge < -0.3 is 0 Å². The van der Waals surface area contributed by atoms with Gasteiger partial charge in [0.15, 0.2) is 0 Å². The lowest BCUT2D eigenvalue weighted by Gasteiger charge is -2.33. The highest BCUT2D eigenvalue weighted by atomic mass is 32.2. The molecule has 1 fully saturated rings. The largest absolute Gasteiger partial charge is 0.263 e. The molecule has 1 atom stereocenters. The maximum Gasteiger partial charge on any atom is 0.263 e. The Morgan fingerprint density at radius 3 is 2.60 bits per heavy atom. The number of halogens is 2. The molecule has 136 valence electrons. The molecule has 0 radical (unpaired) electrons. The van der Waals surface area contributed by atoms with Crippen LogP contribution in [0, 0.1) is 0 Å². The summed E-state index contributed by atoms with van der Waals surface area (Å²) in [5.74, 6) is 0. The Bertz CT molecular complexity index is 819. The first-order valence-corrected chi connectivity index (χ1v) is 10.5. The monoisotopic (exact) mass is 386 g/mol. The third-order valence-corrected chi connectivity index (χ3v) is 7.56. The molecule has 0 aliphatic carbocycles. The highest BCUT2D eigenvalue weighted by molar-refractivity contribution is 7.89. The van der Waals surface area contributed by atoms with Crippen molar-refractivity contribution in [3.63, 3.8) is 0 Å². The van der Waals surface area contributed by atoms with Gasteiger partial charge in [-0.15, -0.1) is 11.3 Å². The quantitative estimate of drug-likeness (QED) is 0.757. The van der Waals surface area contributed by atoms with Crippen LogP contribution in [0.2, 0.25) is 0 Å². The zero-order chi connectivity index (χ0) is 18.0. The fourth-order valence-electron chi connectivity index (χ4n) is 3.00. The van der Waals surface area contributed by atoms with Gasteiger partial charge in [-0.1, -0.05) is 25.5 Å². The van der Waals surface area contributed by atoms with Gasteiger partial charge in [-0.25, -0.2) is 22.2 Å². The fourth-order valence-corrected chi connectivity index (χ4v) is 5.73. The fraction of sp³-hybridized carbons (Fsp3) is 0.471. The van der Waals surface area contributed by atoms with Gasteiger partial charge in [-0.3, -0.25) is 0 Å². The Hall–Kier alpha value is -1.38.